The maximum Gasteiger partial charge on any atom is 0.305 e. The average Bonchev–Trinajstić information content (AvgIpc) is 2.41. The van der Waals surface area contributed by atoms with Crippen LogP contribution in [0.25, 0.3) is 0 Å². The molecule has 0 fully saturated rings. The molecule has 1 aromatic carbocycles. The molecule has 0 aliphatic carbocycles. The van der Waals surface area contributed by atoms with E-state index in [2.05, 4.69) is 5.32 Å². The highest BCUT2D eigenvalue weighted by molar-refractivity contribution is 5.95. The third kappa shape index (κ3) is 5.64. The van der Waals surface area contributed by atoms with Crippen LogP contribution >= 0.6 is 0 Å². The van der Waals surface area contributed by atoms with Gasteiger partial charge in [0.25, 0.3) is 5.91 Å². The first-order valence-electron chi connectivity index (χ1n) is 6.73. The number of carbonyl (C=O) groups is 3. The first-order chi connectivity index (χ1) is 9.91. The van der Waals surface area contributed by atoms with Crippen LogP contribution in [0.2, 0.25) is 0 Å². The van der Waals surface area contributed by atoms with Crippen LogP contribution in [0.3, 0.4) is 0 Å². The lowest BCUT2D eigenvalue weighted by atomic mass is 10.1. The van der Waals surface area contributed by atoms with Gasteiger partial charge in [0.15, 0.2) is 0 Å². The zero-order valence-corrected chi connectivity index (χ0v) is 12.3. The van der Waals surface area contributed by atoms with Crippen molar-refractivity contribution in [3.8, 4) is 0 Å². The van der Waals surface area contributed by atoms with Crippen molar-refractivity contribution in [2.45, 2.75) is 20.3 Å². The summed E-state index contributed by atoms with van der Waals surface area (Å²) in [4.78, 5) is 35.5. The smallest absolute Gasteiger partial charge is 0.305 e. The monoisotopic (exact) mass is 292 g/mol. The summed E-state index contributed by atoms with van der Waals surface area (Å²) >= 11 is 0. The fourth-order valence-corrected chi connectivity index (χ4v) is 1.90. The quantitative estimate of drug-likeness (QED) is 0.786. The van der Waals surface area contributed by atoms with E-state index in [1.807, 2.05) is 19.1 Å². The SMILES string of the molecule is CC(=O)NCCN(CCC(=O)O)C(=O)c1ccccc1C. The van der Waals surface area contributed by atoms with Gasteiger partial charge in [0.05, 0.1) is 6.42 Å². The van der Waals surface area contributed by atoms with Gasteiger partial charge in [-0.1, -0.05) is 18.2 Å². The molecule has 0 radical (unpaired) electrons. The van der Waals surface area contributed by atoms with Gasteiger partial charge in [0, 0.05) is 32.1 Å². The molecule has 0 aliphatic rings. The summed E-state index contributed by atoms with van der Waals surface area (Å²) in [7, 11) is 0. The van der Waals surface area contributed by atoms with E-state index in [1.165, 1.54) is 11.8 Å². The topological polar surface area (TPSA) is 86.7 Å². The Bertz CT molecular complexity index is 528. The number of aliphatic carboxylic acids is 1. The van der Waals surface area contributed by atoms with Crippen LogP contribution in [0.5, 0.6) is 0 Å². The number of hydrogen-bond donors (Lipinski definition) is 2. The van der Waals surface area contributed by atoms with E-state index in [0.717, 1.165) is 5.56 Å². The van der Waals surface area contributed by atoms with E-state index in [0.29, 0.717) is 12.1 Å². The number of carboxylic acid groups (broad SMARTS) is 1. The van der Waals surface area contributed by atoms with Crippen molar-refractivity contribution in [1.82, 2.24) is 10.2 Å². The van der Waals surface area contributed by atoms with Crippen molar-refractivity contribution >= 4 is 17.8 Å². The number of carboxylic acids is 1. The van der Waals surface area contributed by atoms with E-state index in [1.54, 1.807) is 12.1 Å². The Morgan fingerprint density at radius 1 is 1.19 bits per heavy atom. The summed E-state index contributed by atoms with van der Waals surface area (Å²) in [6, 6.07) is 7.15. The highest BCUT2D eigenvalue weighted by Gasteiger charge is 2.18. The molecule has 0 atom stereocenters. The molecule has 1 rings (SSSR count). The van der Waals surface area contributed by atoms with Gasteiger partial charge < -0.3 is 15.3 Å². The van der Waals surface area contributed by atoms with Crippen LogP contribution in [0, 0.1) is 6.92 Å². The summed E-state index contributed by atoms with van der Waals surface area (Å²) in [6.45, 7) is 3.91. The Labute approximate surface area is 123 Å². The van der Waals surface area contributed by atoms with E-state index >= 15 is 0 Å². The second-order valence-electron chi connectivity index (χ2n) is 4.73. The summed E-state index contributed by atoms with van der Waals surface area (Å²) in [5.41, 5.74) is 1.38. The number of benzene rings is 1. The van der Waals surface area contributed by atoms with Crippen molar-refractivity contribution in [1.29, 1.82) is 0 Å². The molecule has 0 saturated carbocycles. The number of nitrogens with one attached hydrogen (secondary N) is 1. The second-order valence-corrected chi connectivity index (χ2v) is 4.73. The molecule has 0 heterocycles. The third-order valence-electron chi connectivity index (χ3n) is 3.01. The maximum absolute atomic E-state index is 12.5. The zero-order valence-electron chi connectivity index (χ0n) is 12.3. The molecule has 0 unspecified atom stereocenters. The van der Waals surface area contributed by atoms with Crippen LogP contribution in [-0.2, 0) is 9.59 Å². The molecule has 0 saturated heterocycles. The number of rotatable bonds is 7. The molecule has 114 valence electrons. The van der Waals surface area contributed by atoms with Gasteiger partial charge in [0.1, 0.15) is 0 Å². The second kappa shape index (κ2) is 8.04. The largest absolute Gasteiger partial charge is 0.481 e. The lowest BCUT2D eigenvalue weighted by Crippen LogP contribution is -2.39. The molecule has 0 bridgehead atoms. The molecule has 0 spiro atoms. The van der Waals surface area contributed by atoms with Crippen molar-refractivity contribution < 1.29 is 19.5 Å². The molecule has 21 heavy (non-hydrogen) atoms. The zero-order chi connectivity index (χ0) is 15.8. The molecule has 2 N–H and O–H groups in total. The van der Waals surface area contributed by atoms with Crippen LogP contribution in [-0.4, -0.2) is 47.4 Å². The van der Waals surface area contributed by atoms with Gasteiger partial charge in [-0.3, -0.25) is 14.4 Å². The van der Waals surface area contributed by atoms with Gasteiger partial charge >= 0.3 is 5.97 Å². The number of amides is 2. The van der Waals surface area contributed by atoms with Crippen molar-refractivity contribution in [2.24, 2.45) is 0 Å². The van der Waals surface area contributed by atoms with Crippen LogP contribution < -0.4 is 5.32 Å². The van der Waals surface area contributed by atoms with E-state index in [-0.39, 0.29) is 31.3 Å². The maximum atomic E-state index is 12.5. The fourth-order valence-electron chi connectivity index (χ4n) is 1.90. The molecular weight excluding hydrogens is 272 g/mol. The van der Waals surface area contributed by atoms with Gasteiger partial charge in [0.2, 0.25) is 5.91 Å². The Morgan fingerprint density at radius 3 is 2.43 bits per heavy atom. The predicted octanol–water partition coefficient (Wildman–Crippen LogP) is 1.05. The van der Waals surface area contributed by atoms with Gasteiger partial charge in [-0.15, -0.1) is 0 Å². The average molecular weight is 292 g/mol. The van der Waals surface area contributed by atoms with Crippen molar-refractivity contribution in [3.05, 3.63) is 35.4 Å². The Balaban J connectivity index is 2.78. The van der Waals surface area contributed by atoms with E-state index in [9.17, 15) is 14.4 Å². The summed E-state index contributed by atoms with van der Waals surface area (Å²) in [5, 5.41) is 11.4. The highest BCUT2D eigenvalue weighted by Crippen LogP contribution is 2.11. The number of hydrogen-bond acceptors (Lipinski definition) is 3. The molecule has 1 aromatic rings. The number of aryl methyl sites for hydroxylation is 1. The number of carbonyl (C=O) groups excluding carboxylic acids is 2. The van der Waals surface area contributed by atoms with Crippen LogP contribution in [0.15, 0.2) is 24.3 Å². The van der Waals surface area contributed by atoms with Crippen LogP contribution in [0.1, 0.15) is 29.3 Å². The van der Waals surface area contributed by atoms with E-state index < -0.39 is 5.97 Å². The minimum atomic E-state index is -0.961. The van der Waals surface area contributed by atoms with Gasteiger partial charge in [-0.05, 0) is 18.6 Å². The minimum absolute atomic E-state index is 0.113. The van der Waals surface area contributed by atoms with E-state index in [4.69, 9.17) is 5.11 Å². The lowest BCUT2D eigenvalue weighted by Gasteiger charge is -2.23. The first-order valence-corrected chi connectivity index (χ1v) is 6.73. The Kier molecular flexibility index (Phi) is 6.39. The molecule has 6 heteroatoms. The number of nitrogens with zero attached hydrogens (tertiary/aromatic N) is 1. The predicted molar refractivity (Wildman–Crippen MR) is 78.0 cm³/mol. The first kappa shape index (κ1) is 16.7. The Morgan fingerprint density at radius 2 is 1.86 bits per heavy atom. The molecule has 0 aliphatic heterocycles. The third-order valence-corrected chi connectivity index (χ3v) is 3.01. The summed E-state index contributed by atoms with van der Waals surface area (Å²) < 4.78 is 0. The lowest BCUT2D eigenvalue weighted by molar-refractivity contribution is -0.137. The van der Waals surface area contributed by atoms with Crippen molar-refractivity contribution in [3.63, 3.8) is 0 Å². The standard InChI is InChI=1S/C15H20N2O4/c1-11-5-3-4-6-13(11)15(21)17(9-7-14(19)20)10-8-16-12(2)18/h3-6H,7-10H2,1-2H3,(H,16,18)(H,19,20). The van der Waals surface area contributed by atoms with Gasteiger partial charge in [-0.2, -0.15) is 0 Å². The summed E-state index contributed by atoms with van der Waals surface area (Å²) in [6.07, 6.45) is -0.127. The van der Waals surface area contributed by atoms with Crippen LogP contribution in [0.4, 0.5) is 0 Å². The van der Waals surface area contributed by atoms with Crippen molar-refractivity contribution in [2.75, 3.05) is 19.6 Å². The molecule has 2 amide bonds. The molecule has 0 aromatic heterocycles. The Hall–Kier alpha value is -2.37. The molecular formula is C15H20N2O4. The minimum Gasteiger partial charge on any atom is -0.481 e. The highest BCUT2D eigenvalue weighted by atomic mass is 16.4. The fraction of sp³-hybridized carbons (Fsp3) is 0.400. The van der Waals surface area contributed by atoms with Gasteiger partial charge in [-0.25, -0.2) is 0 Å². The summed E-state index contributed by atoms with van der Waals surface area (Å²) in [5.74, 6) is -1.37. The normalized spacial score (nSPS) is 10.0. The molecule has 6 nitrogen and oxygen atoms in total.